The lowest BCUT2D eigenvalue weighted by Gasteiger charge is -2.22. The van der Waals surface area contributed by atoms with E-state index in [0.717, 1.165) is 12.4 Å². The molecule has 1 atom stereocenters. The van der Waals surface area contributed by atoms with Gasteiger partial charge in [-0.15, -0.1) is 0 Å². The van der Waals surface area contributed by atoms with Crippen LogP contribution in [0.25, 0.3) is 0 Å². The van der Waals surface area contributed by atoms with Gasteiger partial charge in [-0.25, -0.2) is 0 Å². The summed E-state index contributed by atoms with van der Waals surface area (Å²) in [5.41, 5.74) is 1.43. The van der Waals surface area contributed by atoms with Crippen LogP contribution >= 0.6 is 11.8 Å². The van der Waals surface area contributed by atoms with E-state index in [-0.39, 0.29) is 0 Å². The number of hydrogen-bond acceptors (Lipinski definition) is 3. The molecule has 0 saturated heterocycles. The summed E-state index contributed by atoms with van der Waals surface area (Å²) in [5.74, 6) is 2.34. The molecule has 1 aliphatic heterocycles. The summed E-state index contributed by atoms with van der Waals surface area (Å²) in [4.78, 5) is 0. The van der Waals surface area contributed by atoms with Gasteiger partial charge in [0.2, 0.25) is 0 Å². The molecule has 0 fully saturated rings. The molecule has 0 aliphatic carbocycles. The van der Waals surface area contributed by atoms with Gasteiger partial charge >= 0.3 is 0 Å². The maximum atomic E-state index is 5.33. The lowest BCUT2D eigenvalue weighted by molar-refractivity contribution is 0.221. The van der Waals surface area contributed by atoms with Crippen LogP contribution in [0.3, 0.4) is 0 Å². The van der Waals surface area contributed by atoms with Crippen molar-refractivity contribution in [3.63, 3.8) is 0 Å². The minimum atomic E-state index is 0.505. The summed E-state index contributed by atoms with van der Waals surface area (Å²) in [6.07, 6.45) is 4.30. The molecule has 0 spiro atoms. The SMILES string of the molecule is CCSCC(NC)C1=COCCC1. The molecule has 13 heavy (non-hydrogen) atoms. The van der Waals surface area contributed by atoms with Crippen molar-refractivity contribution in [2.75, 3.05) is 25.2 Å². The van der Waals surface area contributed by atoms with Crippen LogP contribution in [0.2, 0.25) is 0 Å². The summed E-state index contributed by atoms with van der Waals surface area (Å²) < 4.78 is 5.33. The molecule has 1 N–H and O–H groups in total. The Hall–Kier alpha value is -0.150. The van der Waals surface area contributed by atoms with Crippen molar-refractivity contribution in [2.24, 2.45) is 0 Å². The lowest BCUT2D eigenvalue weighted by atomic mass is 10.0. The van der Waals surface area contributed by atoms with E-state index in [4.69, 9.17) is 4.74 Å². The molecule has 76 valence electrons. The maximum absolute atomic E-state index is 5.33. The second kappa shape index (κ2) is 6.33. The van der Waals surface area contributed by atoms with Crippen LogP contribution < -0.4 is 5.32 Å². The Bertz CT molecular complexity index is 170. The van der Waals surface area contributed by atoms with E-state index in [1.54, 1.807) is 0 Å². The van der Waals surface area contributed by atoms with Gasteiger partial charge in [0, 0.05) is 11.8 Å². The first-order valence-electron chi connectivity index (χ1n) is 4.94. The van der Waals surface area contributed by atoms with Gasteiger partial charge in [0.1, 0.15) is 0 Å². The third kappa shape index (κ3) is 3.61. The Kier molecular flexibility index (Phi) is 5.32. The normalized spacial score (nSPS) is 19.1. The zero-order valence-electron chi connectivity index (χ0n) is 8.51. The Morgan fingerprint density at radius 3 is 3.08 bits per heavy atom. The van der Waals surface area contributed by atoms with Crippen LogP contribution in [0.5, 0.6) is 0 Å². The average Bonchev–Trinajstić information content (AvgIpc) is 2.21. The number of likely N-dealkylation sites (N-methyl/N-ethyl adjacent to an activating group) is 1. The number of rotatable bonds is 5. The molecular formula is C10H19NOS. The summed E-state index contributed by atoms with van der Waals surface area (Å²) in [6.45, 7) is 3.09. The van der Waals surface area contributed by atoms with Crippen LogP contribution in [0.1, 0.15) is 19.8 Å². The van der Waals surface area contributed by atoms with Crippen LogP contribution in [0, 0.1) is 0 Å². The Morgan fingerprint density at radius 1 is 1.69 bits per heavy atom. The number of nitrogens with one attached hydrogen (secondary N) is 1. The topological polar surface area (TPSA) is 21.3 Å². The van der Waals surface area contributed by atoms with Crippen LogP contribution in [-0.2, 0) is 4.74 Å². The largest absolute Gasteiger partial charge is 0.501 e. The van der Waals surface area contributed by atoms with Gasteiger partial charge in [-0.1, -0.05) is 6.92 Å². The second-order valence-electron chi connectivity index (χ2n) is 3.17. The Morgan fingerprint density at radius 2 is 2.54 bits per heavy atom. The first-order chi connectivity index (χ1) is 6.38. The third-order valence-electron chi connectivity index (χ3n) is 2.25. The fraction of sp³-hybridized carbons (Fsp3) is 0.800. The molecule has 0 aromatic rings. The lowest BCUT2D eigenvalue weighted by Crippen LogP contribution is -2.31. The first-order valence-corrected chi connectivity index (χ1v) is 6.09. The second-order valence-corrected chi connectivity index (χ2v) is 4.49. The highest BCUT2D eigenvalue weighted by Crippen LogP contribution is 2.18. The molecule has 1 rings (SSSR count). The average molecular weight is 201 g/mol. The molecular weight excluding hydrogens is 182 g/mol. The van der Waals surface area contributed by atoms with E-state index in [2.05, 4.69) is 12.2 Å². The molecule has 0 aromatic carbocycles. The fourth-order valence-electron chi connectivity index (χ4n) is 1.45. The number of hydrogen-bond donors (Lipinski definition) is 1. The molecule has 0 saturated carbocycles. The van der Waals surface area contributed by atoms with Gasteiger partial charge in [-0.2, -0.15) is 11.8 Å². The van der Waals surface area contributed by atoms with Gasteiger partial charge in [-0.3, -0.25) is 0 Å². The van der Waals surface area contributed by atoms with Gasteiger partial charge in [0.05, 0.1) is 12.9 Å². The van der Waals surface area contributed by atoms with E-state index in [0.29, 0.717) is 6.04 Å². The summed E-state index contributed by atoms with van der Waals surface area (Å²) in [6, 6.07) is 0.505. The van der Waals surface area contributed by atoms with Crippen molar-refractivity contribution in [2.45, 2.75) is 25.8 Å². The smallest absolute Gasteiger partial charge is 0.0876 e. The van der Waals surface area contributed by atoms with E-state index in [1.165, 1.54) is 24.2 Å². The van der Waals surface area contributed by atoms with Crippen LogP contribution in [0.15, 0.2) is 11.8 Å². The van der Waals surface area contributed by atoms with Crippen molar-refractivity contribution < 1.29 is 4.74 Å². The number of ether oxygens (including phenoxy) is 1. The van der Waals surface area contributed by atoms with E-state index >= 15 is 0 Å². The number of thioether (sulfide) groups is 1. The van der Waals surface area contributed by atoms with Gasteiger partial charge in [0.25, 0.3) is 0 Å². The molecule has 0 aromatic heterocycles. The monoisotopic (exact) mass is 201 g/mol. The highest BCUT2D eigenvalue weighted by molar-refractivity contribution is 7.99. The van der Waals surface area contributed by atoms with E-state index < -0.39 is 0 Å². The maximum Gasteiger partial charge on any atom is 0.0876 e. The van der Waals surface area contributed by atoms with Gasteiger partial charge in [0.15, 0.2) is 0 Å². The van der Waals surface area contributed by atoms with Crippen molar-refractivity contribution in [3.05, 3.63) is 11.8 Å². The Labute approximate surface area is 85.1 Å². The van der Waals surface area contributed by atoms with Crippen LogP contribution in [-0.4, -0.2) is 31.2 Å². The van der Waals surface area contributed by atoms with Crippen LogP contribution in [0.4, 0.5) is 0 Å². The van der Waals surface area contributed by atoms with E-state index in [1.807, 2.05) is 25.1 Å². The zero-order valence-corrected chi connectivity index (χ0v) is 9.32. The molecule has 1 unspecified atom stereocenters. The molecule has 2 nitrogen and oxygen atoms in total. The fourth-order valence-corrected chi connectivity index (χ4v) is 2.30. The minimum absolute atomic E-state index is 0.505. The zero-order chi connectivity index (χ0) is 9.52. The third-order valence-corrected chi connectivity index (χ3v) is 3.22. The van der Waals surface area contributed by atoms with Crippen molar-refractivity contribution in [1.29, 1.82) is 0 Å². The first kappa shape index (κ1) is 10.9. The summed E-state index contributed by atoms with van der Waals surface area (Å²) >= 11 is 1.98. The van der Waals surface area contributed by atoms with Crippen molar-refractivity contribution in [1.82, 2.24) is 5.32 Å². The molecule has 0 bridgehead atoms. The molecule has 1 aliphatic rings. The standard InChI is InChI=1S/C10H19NOS/c1-3-13-8-10(11-2)9-5-4-6-12-7-9/h7,10-11H,3-6,8H2,1-2H3. The minimum Gasteiger partial charge on any atom is -0.501 e. The predicted octanol–water partition coefficient (Wildman–Crippen LogP) is 2.02. The van der Waals surface area contributed by atoms with Crippen molar-refractivity contribution in [3.8, 4) is 0 Å². The molecule has 0 amide bonds. The predicted molar refractivity (Wildman–Crippen MR) is 59.1 cm³/mol. The van der Waals surface area contributed by atoms with Crippen molar-refractivity contribution >= 4 is 11.8 Å². The summed E-state index contributed by atoms with van der Waals surface area (Å²) in [7, 11) is 2.02. The van der Waals surface area contributed by atoms with Gasteiger partial charge < -0.3 is 10.1 Å². The molecule has 1 heterocycles. The molecule has 3 heteroatoms. The highest BCUT2D eigenvalue weighted by atomic mass is 32.2. The Balaban J connectivity index is 2.39. The van der Waals surface area contributed by atoms with Gasteiger partial charge in [-0.05, 0) is 31.2 Å². The van der Waals surface area contributed by atoms with E-state index in [9.17, 15) is 0 Å². The summed E-state index contributed by atoms with van der Waals surface area (Å²) in [5, 5.41) is 3.34. The highest BCUT2D eigenvalue weighted by Gasteiger charge is 2.14. The quantitative estimate of drug-likeness (QED) is 0.735. The molecule has 0 radical (unpaired) electrons.